The summed E-state index contributed by atoms with van der Waals surface area (Å²) in [7, 11) is 0. The van der Waals surface area contributed by atoms with Gasteiger partial charge in [-0.05, 0) is 75.3 Å². The standard InChI is InChI=1S/C17H32N2O.ClH/c1-17(2)9-5-15(6-10-17)13-19-16(20)4-3-14-7-11-18-12-8-14;/h14-15,18H,3-13H2,1-2H3,(H,19,20);1H. The molecule has 124 valence electrons. The second-order valence-electron chi connectivity index (χ2n) is 7.64. The zero-order valence-corrected chi connectivity index (χ0v) is 14.6. The zero-order valence-electron chi connectivity index (χ0n) is 13.7. The normalized spacial score (nSPS) is 23.3. The van der Waals surface area contributed by atoms with E-state index in [1.807, 2.05) is 0 Å². The Morgan fingerprint density at radius 1 is 1.10 bits per heavy atom. The maximum absolute atomic E-state index is 11.9. The Bertz CT molecular complexity index is 304. The van der Waals surface area contributed by atoms with Crippen LogP contribution < -0.4 is 10.6 Å². The molecule has 1 saturated carbocycles. The number of carbonyl (C=O) groups excluding carboxylic acids is 1. The van der Waals surface area contributed by atoms with Crippen molar-refractivity contribution in [1.29, 1.82) is 0 Å². The third kappa shape index (κ3) is 7.01. The van der Waals surface area contributed by atoms with Crippen LogP contribution in [-0.4, -0.2) is 25.5 Å². The maximum Gasteiger partial charge on any atom is 0.220 e. The zero-order chi connectivity index (χ0) is 14.4. The highest BCUT2D eigenvalue weighted by Crippen LogP contribution is 2.37. The molecule has 1 saturated heterocycles. The van der Waals surface area contributed by atoms with E-state index in [1.54, 1.807) is 0 Å². The summed E-state index contributed by atoms with van der Waals surface area (Å²) in [5, 5.41) is 6.54. The lowest BCUT2D eigenvalue weighted by atomic mass is 9.73. The van der Waals surface area contributed by atoms with E-state index in [-0.39, 0.29) is 18.3 Å². The Kier molecular flexibility index (Phi) is 8.04. The molecular formula is C17H33ClN2O. The summed E-state index contributed by atoms with van der Waals surface area (Å²) in [4.78, 5) is 11.9. The molecule has 1 amide bonds. The minimum Gasteiger partial charge on any atom is -0.356 e. The van der Waals surface area contributed by atoms with E-state index < -0.39 is 0 Å². The molecule has 21 heavy (non-hydrogen) atoms. The first-order chi connectivity index (χ1) is 9.55. The Labute approximate surface area is 136 Å². The summed E-state index contributed by atoms with van der Waals surface area (Å²) in [6, 6.07) is 0. The van der Waals surface area contributed by atoms with Crippen molar-refractivity contribution in [3.05, 3.63) is 0 Å². The quantitative estimate of drug-likeness (QED) is 0.815. The van der Waals surface area contributed by atoms with E-state index in [9.17, 15) is 4.79 Å². The van der Waals surface area contributed by atoms with Crippen LogP contribution in [0.5, 0.6) is 0 Å². The van der Waals surface area contributed by atoms with Gasteiger partial charge in [-0.15, -0.1) is 12.4 Å². The average Bonchev–Trinajstić information content (AvgIpc) is 2.45. The van der Waals surface area contributed by atoms with Crippen molar-refractivity contribution in [2.75, 3.05) is 19.6 Å². The second-order valence-corrected chi connectivity index (χ2v) is 7.64. The van der Waals surface area contributed by atoms with E-state index >= 15 is 0 Å². The van der Waals surface area contributed by atoms with Crippen LogP contribution in [0.15, 0.2) is 0 Å². The topological polar surface area (TPSA) is 41.1 Å². The molecule has 0 unspecified atom stereocenters. The van der Waals surface area contributed by atoms with Crippen molar-refractivity contribution in [1.82, 2.24) is 10.6 Å². The molecule has 2 N–H and O–H groups in total. The Morgan fingerprint density at radius 2 is 1.71 bits per heavy atom. The minimum absolute atomic E-state index is 0. The minimum atomic E-state index is 0. The van der Waals surface area contributed by atoms with Gasteiger partial charge in [-0.3, -0.25) is 4.79 Å². The van der Waals surface area contributed by atoms with Crippen molar-refractivity contribution in [2.45, 2.75) is 65.2 Å². The lowest BCUT2D eigenvalue weighted by molar-refractivity contribution is -0.121. The third-order valence-electron chi connectivity index (χ3n) is 5.29. The van der Waals surface area contributed by atoms with E-state index in [4.69, 9.17) is 0 Å². The highest BCUT2D eigenvalue weighted by atomic mass is 35.5. The molecule has 0 aromatic rings. The van der Waals surface area contributed by atoms with Gasteiger partial charge in [-0.25, -0.2) is 0 Å². The second kappa shape index (κ2) is 8.99. The molecule has 2 aliphatic rings. The number of nitrogens with one attached hydrogen (secondary N) is 2. The van der Waals surface area contributed by atoms with Gasteiger partial charge in [0.1, 0.15) is 0 Å². The van der Waals surface area contributed by atoms with E-state index in [0.717, 1.165) is 38.4 Å². The summed E-state index contributed by atoms with van der Waals surface area (Å²) in [6.07, 6.45) is 9.46. The van der Waals surface area contributed by atoms with Gasteiger partial charge in [0.05, 0.1) is 0 Å². The Hall–Kier alpha value is -0.280. The molecule has 2 rings (SSSR count). The number of hydrogen-bond donors (Lipinski definition) is 2. The molecule has 0 spiro atoms. The number of hydrogen-bond acceptors (Lipinski definition) is 2. The Morgan fingerprint density at radius 3 is 2.33 bits per heavy atom. The van der Waals surface area contributed by atoms with Crippen molar-refractivity contribution in [2.24, 2.45) is 17.3 Å². The molecule has 0 aromatic heterocycles. The largest absolute Gasteiger partial charge is 0.356 e. The monoisotopic (exact) mass is 316 g/mol. The number of halogens is 1. The van der Waals surface area contributed by atoms with Gasteiger partial charge in [-0.1, -0.05) is 13.8 Å². The van der Waals surface area contributed by atoms with Crippen LogP contribution in [0.3, 0.4) is 0 Å². The molecule has 4 heteroatoms. The fourth-order valence-corrected chi connectivity index (χ4v) is 3.52. The van der Waals surface area contributed by atoms with Crippen molar-refractivity contribution in [3.8, 4) is 0 Å². The lowest BCUT2D eigenvalue weighted by Gasteiger charge is -2.34. The molecule has 1 aliphatic heterocycles. The molecule has 0 radical (unpaired) electrons. The third-order valence-corrected chi connectivity index (χ3v) is 5.29. The van der Waals surface area contributed by atoms with Gasteiger partial charge < -0.3 is 10.6 Å². The number of piperidine rings is 1. The molecule has 1 heterocycles. The molecule has 1 aliphatic carbocycles. The SMILES string of the molecule is CC1(C)CCC(CNC(=O)CCC2CCNCC2)CC1.Cl. The van der Waals surface area contributed by atoms with Gasteiger partial charge in [0.25, 0.3) is 0 Å². The van der Waals surface area contributed by atoms with Gasteiger partial charge in [0, 0.05) is 13.0 Å². The van der Waals surface area contributed by atoms with Gasteiger partial charge in [0.2, 0.25) is 5.91 Å². The predicted molar refractivity (Wildman–Crippen MR) is 90.8 cm³/mol. The number of rotatable bonds is 5. The molecule has 0 bridgehead atoms. The first-order valence-electron chi connectivity index (χ1n) is 8.52. The van der Waals surface area contributed by atoms with Crippen molar-refractivity contribution >= 4 is 18.3 Å². The van der Waals surface area contributed by atoms with Crippen LogP contribution >= 0.6 is 12.4 Å². The van der Waals surface area contributed by atoms with Crippen molar-refractivity contribution in [3.63, 3.8) is 0 Å². The summed E-state index contributed by atoms with van der Waals surface area (Å²) in [6.45, 7) is 7.89. The summed E-state index contributed by atoms with van der Waals surface area (Å²) in [5.41, 5.74) is 0.523. The van der Waals surface area contributed by atoms with Crippen LogP contribution in [0.2, 0.25) is 0 Å². The predicted octanol–water partition coefficient (Wildman–Crippen LogP) is 3.52. The van der Waals surface area contributed by atoms with Crippen LogP contribution in [0.1, 0.15) is 65.2 Å². The highest BCUT2D eigenvalue weighted by Gasteiger charge is 2.26. The summed E-state index contributed by atoms with van der Waals surface area (Å²) in [5.74, 6) is 1.75. The van der Waals surface area contributed by atoms with Gasteiger partial charge in [0.15, 0.2) is 0 Å². The van der Waals surface area contributed by atoms with E-state index in [2.05, 4.69) is 24.5 Å². The summed E-state index contributed by atoms with van der Waals surface area (Å²) < 4.78 is 0. The maximum atomic E-state index is 11.9. The number of carbonyl (C=O) groups is 1. The fraction of sp³-hybridized carbons (Fsp3) is 0.941. The van der Waals surface area contributed by atoms with Crippen LogP contribution in [0.4, 0.5) is 0 Å². The first kappa shape index (κ1) is 18.8. The van der Waals surface area contributed by atoms with E-state index in [1.165, 1.54) is 38.5 Å². The Balaban J connectivity index is 0.00000220. The van der Waals surface area contributed by atoms with Crippen LogP contribution in [-0.2, 0) is 4.79 Å². The van der Waals surface area contributed by atoms with E-state index in [0.29, 0.717) is 11.3 Å². The van der Waals surface area contributed by atoms with Crippen LogP contribution in [0, 0.1) is 17.3 Å². The number of amides is 1. The molecule has 0 aromatic carbocycles. The highest BCUT2D eigenvalue weighted by molar-refractivity contribution is 5.85. The molecule has 3 nitrogen and oxygen atoms in total. The van der Waals surface area contributed by atoms with Gasteiger partial charge in [-0.2, -0.15) is 0 Å². The lowest BCUT2D eigenvalue weighted by Crippen LogP contribution is -2.33. The summed E-state index contributed by atoms with van der Waals surface area (Å²) >= 11 is 0. The first-order valence-corrected chi connectivity index (χ1v) is 8.52. The fourth-order valence-electron chi connectivity index (χ4n) is 3.52. The molecule has 2 fully saturated rings. The molecular weight excluding hydrogens is 284 g/mol. The smallest absolute Gasteiger partial charge is 0.220 e. The van der Waals surface area contributed by atoms with Gasteiger partial charge >= 0.3 is 0 Å². The van der Waals surface area contributed by atoms with Crippen LogP contribution in [0.25, 0.3) is 0 Å². The average molecular weight is 317 g/mol. The molecule has 0 atom stereocenters. The van der Waals surface area contributed by atoms with Crippen molar-refractivity contribution < 1.29 is 4.79 Å².